The van der Waals surface area contributed by atoms with Crippen LogP contribution in [0.2, 0.25) is 0 Å². The maximum Gasteiger partial charge on any atom is 0.416 e. The Morgan fingerprint density at radius 2 is 1.80 bits per heavy atom. The largest absolute Gasteiger partial charge is 0.493 e. The van der Waals surface area contributed by atoms with Crippen molar-refractivity contribution in [1.29, 1.82) is 0 Å². The second-order valence-corrected chi connectivity index (χ2v) is 6.13. The fourth-order valence-corrected chi connectivity index (χ4v) is 2.60. The number of hydrogen-bond acceptors (Lipinski definition) is 6. The number of nitrogens with zero attached hydrogens (tertiary/aromatic N) is 1. The van der Waals surface area contributed by atoms with Crippen LogP contribution in [-0.2, 0) is 17.5 Å². The molecule has 0 bridgehead atoms. The van der Waals surface area contributed by atoms with E-state index >= 15 is 0 Å². The van der Waals surface area contributed by atoms with Gasteiger partial charge in [0.15, 0.2) is 11.5 Å². The van der Waals surface area contributed by atoms with Crippen LogP contribution in [0.4, 0.5) is 24.5 Å². The first-order valence-corrected chi connectivity index (χ1v) is 8.72. The second-order valence-electron chi connectivity index (χ2n) is 6.13. The van der Waals surface area contributed by atoms with Gasteiger partial charge in [-0.2, -0.15) is 13.2 Å². The van der Waals surface area contributed by atoms with Crippen molar-refractivity contribution >= 4 is 17.3 Å². The van der Waals surface area contributed by atoms with Crippen LogP contribution >= 0.6 is 0 Å². The molecule has 0 aliphatic heterocycles. The van der Waals surface area contributed by atoms with Gasteiger partial charge in [-0.3, -0.25) is 14.9 Å². The standard InChI is InChI=1S/C19H20F3N3O5/c1-29-16-6-3-12(9-17(16)30-2)11-24-18(26)7-8-23-14-5-4-13(19(20,21)22)10-15(14)25(27)28/h3-6,9-10,23H,7-8,11H2,1-2H3,(H,24,26). The molecule has 8 nitrogen and oxygen atoms in total. The summed E-state index contributed by atoms with van der Waals surface area (Å²) in [4.78, 5) is 22.1. The molecule has 2 N–H and O–H groups in total. The average Bonchev–Trinajstić information content (AvgIpc) is 2.71. The van der Waals surface area contributed by atoms with E-state index in [1.54, 1.807) is 18.2 Å². The molecule has 0 heterocycles. The van der Waals surface area contributed by atoms with Gasteiger partial charge < -0.3 is 20.1 Å². The number of alkyl halides is 3. The molecular formula is C19H20F3N3O5. The first-order valence-electron chi connectivity index (χ1n) is 8.72. The molecule has 2 aromatic carbocycles. The van der Waals surface area contributed by atoms with Crippen molar-refractivity contribution in [2.24, 2.45) is 0 Å². The van der Waals surface area contributed by atoms with Crippen LogP contribution in [0, 0.1) is 10.1 Å². The summed E-state index contributed by atoms with van der Waals surface area (Å²) in [5, 5.41) is 16.4. The van der Waals surface area contributed by atoms with Crippen molar-refractivity contribution in [2.75, 3.05) is 26.1 Å². The third kappa shape index (κ3) is 6.00. The maximum absolute atomic E-state index is 12.7. The molecule has 0 fully saturated rings. The van der Waals surface area contributed by atoms with Crippen molar-refractivity contribution in [3.8, 4) is 11.5 Å². The highest BCUT2D eigenvalue weighted by molar-refractivity contribution is 5.76. The Morgan fingerprint density at radius 3 is 2.40 bits per heavy atom. The smallest absolute Gasteiger partial charge is 0.416 e. The van der Waals surface area contributed by atoms with Gasteiger partial charge in [0.1, 0.15) is 5.69 Å². The van der Waals surface area contributed by atoms with Gasteiger partial charge in [0.2, 0.25) is 5.91 Å². The first-order chi connectivity index (χ1) is 14.2. The van der Waals surface area contributed by atoms with Crippen LogP contribution in [0.1, 0.15) is 17.5 Å². The monoisotopic (exact) mass is 427 g/mol. The Kier molecular flexibility index (Phi) is 7.45. The molecule has 0 atom stereocenters. The van der Waals surface area contributed by atoms with Gasteiger partial charge in [0, 0.05) is 25.6 Å². The highest BCUT2D eigenvalue weighted by Gasteiger charge is 2.33. The summed E-state index contributed by atoms with van der Waals surface area (Å²) in [7, 11) is 3.00. The zero-order chi connectivity index (χ0) is 22.3. The first kappa shape index (κ1) is 22.8. The summed E-state index contributed by atoms with van der Waals surface area (Å²) < 4.78 is 48.5. The molecule has 1 amide bonds. The lowest BCUT2D eigenvalue weighted by molar-refractivity contribution is -0.384. The van der Waals surface area contributed by atoms with Gasteiger partial charge in [-0.15, -0.1) is 0 Å². The Morgan fingerprint density at radius 1 is 1.10 bits per heavy atom. The number of rotatable bonds is 9. The number of amides is 1. The molecule has 0 spiro atoms. The van der Waals surface area contributed by atoms with Crippen LogP contribution in [0.25, 0.3) is 0 Å². The van der Waals surface area contributed by atoms with E-state index in [4.69, 9.17) is 9.47 Å². The van der Waals surface area contributed by atoms with Gasteiger partial charge >= 0.3 is 6.18 Å². The predicted molar refractivity (Wildman–Crippen MR) is 103 cm³/mol. The topological polar surface area (TPSA) is 103 Å². The highest BCUT2D eigenvalue weighted by Crippen LogP contribution is 2.35. The lowest BCUT2D eigenvalue weighted by Gasteiger charge is -2.11. The molecule has 0 aliphatic carbocycles. The Labute approximate surface area is 170 Å². The third-order valence-corrected chi connectivity index (χ3v) is 4.13. The summed E-state index contributed by atoms with van der Waals surface area (Å²) >= 11 is 0. The molecule has 162 valence electrons. The number of nitro benzene ring substituents is 1. The number of hydrogen-bond donors (Lipinski definition) is 2. The minimum absolute atomic E-state index is 0.00394. The molecule has 0 radical (unpaired) electrons. The SMILES string of the molecule is COc1ccc(CNC(=O)CCNc2ccc(C(F)(F)F)cc2[N+](=O)[O-])cc1OC. The molecule has 0 saturated carbocycles. The number of ether oxygens (including phenoxy) is 2. The minimum Gasteiger partial charge on any atom is -0.493 e. The molecule has 11 heteroatoms. The highest BCUT2D eigenvalue weighted by atomic mass is 19.4. The molecule has 0 unspecified atom stereocenters. The van der Waals surface area contributed by atoms with Crippen molar-refractivity contribution in [3.05, 3.63) is 57.6 Å². The second kappa shape index (κ2) is 9.81. The van der Waals surface area contributed by atoms with Crippen LogP contribution in [0.3, 0.4) is 0 Å². The molecule has 2 rings (SSSR count). The van der Waals surface area contributed by atoms with Gasteiger partial charge in [-0.1, -0.05) is 6.07 Å². The Bertz CT molecular complexity index is 919. The number of carbonyl (C=O) groups excluding carboxylic acids is 1. The summed E-state index contributed by atoms with van der Waals surface area (Å²) in [5.41, 5.74) is -1.16. The van der Waals surface area contributed by atoms with Crippen LogP contribution in [0.15, 0.2) is 36.4 Å². The lowest BCUT2D eigenvalue weighted by Crippen LogP contribution is -2.25. The molecule has 30 heavy (non-hydrogen) atoms. The number of benzene rings is 2. The van der Waals surface area contributed by atoms with Crippen LogP contribution in [-0.4, -0.2) is 31.6 Å². The number of methoxy groups -OCH3 is 2. The van der Waals surface area contributed by atoms with E-state index in [2.05, 4.69) is 10.6 Å². The Hall–Kier alpha value is -3.50. The summed E-state index contributed by atoms with van der Waals surface area (Å²) in [6.45, 7) is 0.226. The van der Waals surface area contributed by atoms with Gasteiger partial charge in [-0.05, 0) is 29.8 Å². The van der Waals surface area contributed by atoms with E-state index in [9.17, 15) is 28.1 Å². The molecule has 2 aromatic rings. The van der Waals surface area contributed by atoms with Crippen molar-refractivity contribution in [1.82, 2.24) is 5.32 Å². The van der Waals surface area contributed by atoms with Crippen LogP contribution in [0.5, 0.6) is 11.5 Å². The van der Waals surface area contributed by atoms with E-state index in [1.165, 1.54) is 14.2 Å². The third-order valence-electron chi connectivity index (χ3n) is 4.13. The fourth-order valence-electron chi connectivity index (χ4n) is 2.60. The minimum atomic E-state index is -4.69. The zero-order valence-corrected chi connectivity index (χ0v) is 16.2. The van der Waals surface area contributed by atoms with Crippen molar-refractivity contribution in [3.63, 3.8) is 0 Å². The summed E-state index contributed by atoms with van der Waals surface area (Å²) in [5.74, 6) is 0.724. The van der Waals surface area contributed by atoms with E-state index in [1.807, 2.05) is 0 Å². The van der Waals surface area contributed by atoms with Gasteiger partial charge in [0.05, 0.1) is 24.7 Å². The number of nitro groups is 1. The summed E-state index contributed by atoms with van der Waals surface area (Å²) in [6.07, 6.45) is -4.72. The van der Waals surface area contributed by atoms with E-state index < -0.39 is 22.4 Å². The molecular weight excluding hydrogens is 407 g/mol. The number of nitrogens with one attached hydrogen (secondary N) is 2. The summed E-state index contributed by atoms with van der Waals surface area (Å²) in [6, 6.07) is 7.34. The van der Waals surface area contributed by atoms with Gasteiger partial charge in [0.25, 0.3) is 5.69 Å². The number of halogens is 3. The van der Waals surface area contributed by atoms with Crippen LogP contribution < -0.4 is 20.1 Å². The fraction of sp³-hybridized carbons (Fsp3) is 0.316. The molecule has 0 saturated heterocycles. The normalized spacial score (nSPS) is 11.0. The predicted octanol–water partition coefficient (Wildman–Crippen LogP) is 3.75. The molecule has 0 aromatic heterocycles. The number of carbonyl (C=O) groups is 1. The van der Waals surface area contributed by atoms with E-state index in [0.717, 1.165) is 17.7 Å². The zero-order valence-electron chi connectivity index (χ0n) is 16.2. The van der Waals surface area contributed by atoms with Crippen molar-refractivity contribution in [2.45, 2.75) is 19.1 Å². The van der Waals surface area contributed by atoms with Gasteiger partial charge in [-0.25, -0.2) is 0 Å². The molecule has 0 aliphatic rings. The van der Waals surface area contributed by atoms with Crippen molar-refractivity contribution < 1.29 is 32.4 Å². The Balaban J connectivity index is 1.91. The van der Waals surface area contributed by atoms with E-state index in [0.29, 0.717) is 17.6 Å². The van der Waals surface area contributed by atoms with E-state index in [-0.39, 0.29) is 31.1 Å². The quantitative estimate of drug-likeness (QED) is 0.467. The lowest BCUT2D eigenvalue weighted by atomic mass is 10.1. The number of anilines is 1. The maximum atomic E-state index is 12.7. The average molecular weight is 427 g/mol.